The minimum Gasteiger partial charge on any atom is -0.378 e. The number of carbonyl (C=O) groups excluding carboxylic acids is 1. The van der Waals surface area contributed by atoms with Crippen molar-refractivity contribution in [3.8, 4) is 17.2 Å². The highest BCUT2D eigenvalue weighted by molar-refractivity contribution is 5.95. The minimum absolute atomic E-state index is 0.154. The molecule has 5 rings (SSSR count). The molecule has 174 valence electrons. The lowest BCUT2D eigenvalue weighted by atomic mass is 10.1. The Hall–Kier alpha value is -4.93. The Kier molecular flexibility index (Phi) is 6.20. The molecule has 35 heavy (non-hydrogen) atoms. The fourth-order valence-corrected chi connectivity index (χ4v) is 3.51. The largest absolute Gasteiger partial charge is 0.378 e. The van der Waals surface area contributed by atoms with Gasteiger partial charge in [-0.25, -0.2) is 19.6 Å². The second kappa shape index (κ2) is 9.91. The van der Waals surface area contributed by atoms with Crippen molar-refractivity contribution < 1.29 is 4.79 Å². The predicted octanol–water partition coefficient (Wildman–Crippen LogP) is 2.39. The summed E-state index contributed by atoms with van der Waals surface area (Å²) in [6.45, 7) is 0.858. The monoisotopic (exact) mass is 466 g/mol. The molecule has 0 saturated carbocycles. The summed E-state index contributed by atoms with van der Waals surface area (Å²) in [6.07, 6.45) is 6.27. The molecule has 0 fully saturated rings. The summed E-state index contributed by atoms with van der Waals surface area (Å²) >= 11 is 0. The number of rotatable bonds is 8. The summed E-state index contributed by atoms with van der Waals surface area (Å²) in [5.74, 6) is 1.24. The van der Waals surface area contributed by atoms with Crippen molar-refractivity contribution in [1.82, 2.24) is 44.8 Å². The highest BCUT2D eigenvalue weighted by Crippen LogP contribution is 2.16. The molecule has 3 aromatic heterocycles. The third-order valence-electron chi connectivity index (χ3n) is 5.42. The first-order valence-electron chi connectivity index (χ1n) is 10.9. The van der Waals surface area contributed by atoms with E-state index in [0.717, 1.165) is 22.8 Å². The summed E-state index contributed by atoms with van der Waals surface area (Å²) in [5.41, 5.74) is 3.96. The highest BCUT2D eigenvalue weighted by atomic mass is 16.1. The van der Waals surface area contributed by atoms with Gasteiger partial charge < -0.3 is 15.2 Å². The van der Waals surface area contributed by atoms with E-state index >= 15 is 0 Å². The number of anilines is 1. The maximum atomic E-state index is 12.7. The van der Waals surface area contributed by atoms with E-state index in [-0.39, 0.29) is 5.91 Å². The molecule has 2 aromatic carbocycles. The van der Waals surface area contributed by atoms with E-state index < -0.39 is 0 Å². The van der Waals surface area contributed by atoms with Crippen molar-refractivity contribution >= 4 is 11.6 Å². The van der Waals surface area contributed by atoms with Gasteiger partial charge in [-0.3, -0.25) is 4.79 Å². The van der Waals surface area contributed by atoms with Crippen LogP contribution in [0.4, 0.5) is 5.69 Å². The van der Waals surface area contributed by atoms with Crippen molar-refractivity contribution in [2.45, 2.75) is 13.1 Å². The van der Waals surface area contributed by atoms with Gasteiger partial charge in [0.25, 0.3) is 5.91 Å². The van der Waals surface area contributed by atoms with Gasteiger partial charge in [0.1, 0.15) is 24.7 Å². The van der Waals surface area contributed by atoms with Gasteiger partial charge in [-0.2, -0.15) is 5.10 Å². The van der Waals surface area contributed by atoms with Crippen LogP contribution in [-0.4, -0.2) is 45.4 Å². The molecule has 0 unspecified atom stereocenters. The molecular weight excluding hydrogens is 444 g/mol. The Morgan fingerprint density at radius 2 is 1.86 bits per heavy atom. The average Bonchev–Trinajstić information content (AvgIpc) is 3.57. The van der Waals surface area contributed by atoms with Crippen LogP contribution in [0.1, 0.15) is 21.7 Å². The van der Waals surface area contributed by atoms with Crippen molar-refractivity contribution in [2.75, 3.05) is 5.32 Å². The molecule has 0 aliphatic rings. The summed E-state index contributed by atoms with van der Waals surface area (Å²) in [5, 5.41) is 18.9. The molecule has 1 amide bonds. The molecule has 0 saturated heterocycles. The highest BCUT2D eigenvalue weighted by Gasteiger charge is 2.12. The Labute approximate surface area is 200 Å². The number of hydrogen-bond donors (Lipinski definition) is 2. The van der Waals surface area contributed by atoms with Crippen molar-refractivity contribution in [3.05, 3.63) is 96.7 Å². The van der Waals surface area contributed by atoms with Crippen LogP contribution in [0.25, 0.3) is 17.2 Å². The number of hydrogen-bond acceptors (Lipinski definition) is 8. The number of nitrogens with zero attached hydrogens (tertiary/aromatic N) is 8. The van der Waals surface area contributed by atoms with Crippen LogP contribution in [0.3, 0.4) is 0 Å². The lowest BCUT2D eigenvalue weighted by Crippen LogP contribution is -2.22. The smallest absolute Gasteiger partial charge is 0.251 e. The van der Waals surface area contributed by atoms with Crippen molar-refractivity contribution in [2.24, 2.45) is 7.05 Å². The van der Waals surface area contributed by atoms with Crippen LogP contribution in [0, 0.1) is 0 Å². The molecule has 11 nitrogen and oxygen atoms in total. The SMILES string of the molecule is Cn1c(CNc2cccc(C(=O)NCc3ccc(-n4cncn4)cc3)c2)nnc1-c1ccncn1. The molecule has 0 bridgehead atoms. The van der Waals surface area contributed by atoms with E-state index in [1.807, 2.05) is 54.1 Å². The van der Waals surface area contributed by atoms with Gasteiger partial charge in [0, 0.05) is 31.0 Å². The maximum absolute atomic E-state index is 12.7. The summed E-state index contributed by atoms with van der Waals surface area (Å²) in [4.78, 5) is 24.8. The first-order chi connectivity index (χ1) is 17.2. The Morgan fingerprint density at radius 3 is 2.63 bits per heavy atom. The lowest BCUT2D eigenvalue weighted by Gasteiger charge is -2.10. The van der Waals surface area contributed by atoms with Gasteiger partial charge in [0.2, 0.25) is 0 Å². The fourth-order valence-electron chi connectivity index (χ4n) is 3.51. The molecule has 0 spiro atoms. The van der Waals surface area contributed by atoms with Gasteiger partial charge >= 0.3 is 0 Å². The van der Waals surface area contributed by atoms with Gasteiger partial charge in [0.15, 0.2) is 11.6 Å². The fraction of sp³-hybridized carbons (Fsp3) is 0.125. The van der Waals surface area contributed by atoms with Crippen LogP contribution in [0.5, 0.6) is 0 Å². The second-order valence-corrected chi connectivity index (χ2v) is 7.72. The third-order valence-corrected chi connectivity index (χ3v) is 5.42. The summed E-state index contributed by atoms with van der Waals surface area (Å²) in [6, 6.07) is 16.9. The van der Waals surface area contributed by atoms with Crippen molar-refractivity contribution in [1.29, 1.82) is 0 Å². The Morgan fingerprint density at radius 1 is 0.971 bits per heavy atom. The molecule has 0 atom stereocenters. The molecule has 0 aliphatic heterocycles. The maximum Gasteiger partial charge on any atom is 0.251 e. The quantitative estimate of drug-likeness (QED) is 0.357. The van der Waals surface area contributed by atoms with E-state index in [4.69, 9.17) is 0 Å². The summed E-state index contributed by atoms with van der Waals surface area (Å²) < 4.78 is 3.55. The number of carbonyl (C=O) groups is 1. The normalized spacial score (nSPS) is 10.8. The third kappa shape index (κ3) is 5.03. The zero-order chi connectivity index (χ0) is 24.0. The number of benzene rings is 2. The van der Waals surface area contributed by atoms with E-state index in [0.29, 0.717) is 30.2 Å². The predicted molar refractivity (Wildman–Crippen MR) is 128 cm³/mol. The van der Waals surface area contributed by atoms with Gasteiger partial charge in [-0.05, 0) is 42.0 Å². The van der Waals surface area contributed by atoms with E-state index in [2.05, 4.69) is 40.9 Å². The second-order valence-electron chi connectivity index (χ2n) is 7.72. The average molecular weight is 467 g/mol. The van der Waals surface area contributed by atoms with Crippen LogP contribution in [0.15, 0.2) is 79.8 Å². The summed E-state index contributed by atoms with van der Waals surface area (Å²) in [7, 11) is 1.89. The Bertz CT molecular complexity index is 1410. The van der Waals surface area contributed by atoms with Gasteiger partial charge in [0.05, 0.1) is 12.2 Å². The van der Waals surface area contributed by atoms with Crippen LogP contribution in [0.2, 0.25) is 0 Å². The Balaban J connectivity index is 1.18. The first-order valence-corrected chi connectivity index (χ1v) is 10.9. The topological polar surface area (TPSA) is 128 Å². The lowest BCUT2D eigenvalue weighted by molar-refractivity contribution is 0.0951. The van der Waals surface area contributed by atoms with Gasteiger partial charge in [-0.1, -0.05) is 18.2 Å². The van der Waals surface area contributed by atoms with Crippen LogP contribution < -0.4 is 10.6 Å². The van der Waals surface area contributed by atoms with E-state index in [1.54, 1.807) is 29.3 Å². The number of aromatic nitrogens is 8. The molecule has 2 N–H and O–H groups in total. The minimum atomic E-state index is -0.154. The molecule has 11 heteroatoms. The molecule has 3 heterocycles. The van der Waals surface area contributed by atoms with Crippen molar-refractivity contribution in [3.63, 3.8) is 0 Å². The molecule has 0 radical (unpaired) electrons. The van der Waals surface area contributed by atoms with Gasteiger partial charge in [-0.15, -0.1) is 10.2 Å². The standard InChI is InChI=1S/C24H22N10O/c1-33-22(31-32-23(33)21-9-10-25-14-29-21)13-27-19-4-2-3-18(11-19)24(35)28-12-17-5-7-20(8-6-17)34-16-26-15-30-34/h2-11,14-16,27H,12-13H2,1H3,(H,28,35). The van der Waals surface area contributed by atoms with Crippen LogP contribution in [-0.2, 0) is 20.1 Å². The van der Waals surface area contributed by atoms with E-state index in [9.17, 15) is 4.79 Å². The molecule has 5 aromatic rings. The zero-order valence-electron chi connectivity index (χ0n) is 18.9. The van der Waals surface area contributed by atoms with E-state index in [1.165, 1.54) is 12.7 Å². The number of amides is 1. The molecular formula is C24H22N10O. The molecule has 0 aliphatic carbocycles. The van der Waals surface area contributed by atoms with Crippen LogP contribution >= 0.6 is 0 Å². The zero-order valence-corrected chi connectivity index (χ0v) is 18.9. The number of nitrogens with one attached hydrogen (secondary N) is 2. The first kappa shape index (κ1) is 21.9.